The van der Waals surface area contributed by atoms with Crippen molar-refractivity contribution in [2.75, 3.05) is 28.4 Å². The molecule has 1 N–H and O–H groups in total. The Morgan fingerprint density at radius 2 is 1.47 bits per heavy atom. The largest absolute Gasteiger partial charge is 0.507 e. The molecule has 2 heterocycles. The molecular formula is C34H36O9. The monoisotopic (exact) mass is 588 g/mol. The van der Waals surface area contributed by atoms with Gasteiger partial charge in [-0.15, -0.1) is 0 Å². The minimum Gasteiger partial charge on any atom is -0.507 e. The Labute approximate surface area is 250 Å². The van der Waals surface area contributed by atoms with Gasteiger partial charge in [-0.05, 0) is 66.1 Å². The molecule has 2 aliphatic heterocycles. The molecule has 4 aromatic carbocycles. The van der Waals surface area contributed by atoms with Crippen molar-refractivity contribution in [3.63, 3.8) is 0 Å². The lowest BCUT2D eigenvalue weighted by atomic mass is 9.78. The van der Waals surface area contributed by atoms with Crippen molar-refractivity contribution in [3.8, 4) is 39.9 Å². The molecule has 43 heavy (non-hydrogen) atoms. The van der Waals surface area contributed by atoms with Crippen LogP contribution in [0.2, 0.25) is 0 Å². The zero-order valence-electron chi connectivity index (χ0n) is 25.5. The summed E-state index contributed by atoms with van der Waals surface area (Å²) in [4.78, 5) is 12.5. The van der Waals surface area contributed by atoms with Gasteiger partial charge >= 0.3 is 5.97 Å². The maximum Gasteiger partial charge on any atom is 0.303 e. The van der Waals surface area contributed by atoms with Gasteiger partial charge in [-0.1, -0.05) is 0 Å². The van der Waals surface area contributed by atoms with Gasteiger partial charge in [-0.25, -0.2) is 0 Å². The molecule has 0 spiro atoms. The number of methoxy groups -OCH3 is 4. The number of carbonyl (C=O) groups excluding carboxylic acids is 1. The summed E-state index contributed by atoms with van der Waals surface area (Å²) in [7, 11) is 6.40. The fourth-order valence-corrected chi connectivity index (χ4v) is 6.54. The zero-order valence-corrected chi connectivity index (χ0v) is 25.5. The maximum atomic E-state index is 12.5. The summed E-state index contributed by atoms with van der Waals surface area (Å²) in [6.45, 7) is 5.84. The summed E-state index contributed by atoms with van der Waals surface area (Å²) in [5.74, 6) is 1.84. The molecule has 0 saturated carbocycles. The first-order valence-electron chi connectivity index (χ1n) is 14.2. The van der Waals surface area contributed by atoms with Crippen LogP contribution in [-0.2, 0) is 38.6 Å². The minimum atomic E-state index is -0.792. The molecule has 226 valence electrons. The van der Waals surface area contributed by atoms with Gasteiger partial charge in [-0.2, -0.15) is 0 Å². The number of rotatable bonds is 6. The summed E-state index contributed by atoms with van der Waals surface area (Å²) in [6.07, 6.45) is -0.662. The normalized spacial score (nSPS) is 19.5. The van der Waals surface area contributed by atoms with Crippen LogP contribution in [0.5, 0.6) is 28.7 Å². The second kappa shape index (κ2) is 11.1. The Hall–Kier alpha value is -4.21. The predicted molar refractivity (Wildman–Crippen MR) is 161 cm³/mol. The van der Waals surface area contributed by atoms with Gasteiger partial charge in [0.05, 0.1) is 59.2 Å². The maximum absolute atomic E-state index is 12.5. The zero-order chi connectivity index (χ0) is 30.6. The van der Waals surface area contributed by atoms with Gasteiger partial charge in [0.15, 0.2) is 6.10 Å². The number of carbonyl (C=O) groups is 1. The van der Waals surface area contributed by atoms with Crippen LogP contribution in [0.1, 0.15) is 49.1 Å². The van der Waals surface area contributed by atoms with Crippen LogP contribution in [-0.4, -0.2) is 51.7 Å². The third-order valence-electron chi connectivity index (χ3n) is 8.53. The van der Waals surface area contributed by atoms with Gasteiger partial charge in [-0.3, -0.25) is 4.79 Å². The number of hydrogen-bond donors (Lipinski definition) is 1. The fourth-order valence-electron chi connectivity index (χ4n) is 6.54. The van der Waals surface area contributed by atoms with Crippen molar-refractivity contribution in [1.29, 1.82) is 0 Å². The van der Waals surface area contributed by atoms with Crippen molar-refractivity contribution in [1.82, 2.24) is 0 Å². The number of phenols is 1. The molecule has 9 heteroatoms. The first-order valence-corrected chi connectivity index (χ1v) is 14.2. The number of benzene rings is 4. The Morgan fingerprint density at radius 3 is 2.12 bits per heavy atom. The summed E-state index contributed by atoms with van der Waals surface area (Å²) in [5.41, 5.74) is 5.06. The van der Waals surface area contributed by atoms with Gasteiger partial charge in [0, 0.05) is 41.0 Å². The van der Waals surface area contributed by atoms with Crippen molar-refractivity contribution >= 4 is 27.5 Å². The molecule has 9 nitrogen and oxygen atoms in total. The van der Waals surface area contributed by atoms with E-state index in [-0.39, 0.29) is 18.5 Å². The van der Waals surface area contributed by atoms with E-state index in [9.17, 15) is 9.90 Å². The molecule has 0 aliphatic carbocycles. The standard InChI is InChI=1S/C34H36O9/c1-16-8-22-19(14-41-16)9-23-24(10-20(37-4)12-27(23)39-6)29(22)31-25-11-21(38-5)13-28(40-7)30(25)33(36)26-15-42-17(2)34(32(26)31)43-18(3)35/h9-13,16-17,34,36H,8,14-15H2,1-7H3. The molecule has 0 bridgehead atoms. The Balaban J connectivity index is 1.90. The second-order valence-corrected chi connectivity index (χ2v) is 11.1. The Kier molecular flexibility index (Phi) is 7.48. The number of phenolic OH excluding ortho intramolecular Hbond substituents is 1. The molecule has 2 aliphatic rings. The number of esters is 1. The summed E-state index contributed by atoms with van der Waals surface area (Å²) < 4.78 is 41.3. The molecule has 3 atom stereocenters. The smallest absolute Gasteiger partial charge is 0.303 e. The molecule has 3 unspecified atom stereocenters. The van der Waals surface area contributed by atoms with Crippen molar-refractivity contribution < 1.29 is 43.1 Å². The molecule has 0 radical (unpaired) electrons. The molecule has 4 aromatic rings. The fraction of sp³-hybridized carbons (Fsp3) is 0.382. The lowest BCUT2D eigenvalue weighted by Crippen LogP contribution is -2.30. The van der Waals surface area contributed by atoms with Crippen molar-refractivity contribution in [2.24, 2.45) is 0 Å². The van der Waals surface area contributed by atoms with E-state index in [4.69, 9.17) is 33.2 Å². The molecule has 0 aromatic heterocycles. The number of hydrogen-bond acceptors (Lipinski definition) is 9. The third-order valence-corrected chi connectivity index (χ3v) is 8.53. The number of fused-ring (bicyclic) bond motifs is 4. The summed E-state index contributed by atoms with van der Waals surface area (Å²) in [5, 5.41) is 14.8. The van der Waals surface area contributed by atoms with Crippen LogP contribution in [0, 0.1) is 0 Å². The first kappa shape index (κ1) is 28.9. The van der Waals surface area contributed by atoms with Gasteiger partial charge in [0.2, 0.25) is 0 Å². The Bertz CT molecular complexity index is 1760. The van der Waals surface area contributed by atoms with E-state index in [1.807, 2.05) is 25.1 Å². The van der Waals surface area contributed by atoms with E-state index in [1.54, 1.807) is 34.5 Å². The van der Waals surface area contributed by atoms with E-state index in [2.05, 4.69) is 13.0 Å². The van der Waals surface area contributed by atoms with Crippen LogP contribution in [0.3, 0.4) is 0 Å². The lowest BCUT2D eigenvalue weighted by Gasteiger charge is -2.36. The van der Waals surface area contributed by atoms with E-state index in [0.29, 0.717) is 57.9 Å². The minimum absolute atomic E-state index is 0.0123. The first-order chi connectivity index (χ1) is 20.7. The van der Waals surface area contributed by atoms with Crippen molar-refractivity contribution in [2.45, 2.75) is 58.7 Å². The molecule has 0 amide bonds. The van der Waals surface area contributed by atoms with Gasteiger partial charge in [0.25, 0.3) is 0 Å². The van der Waals surface area contributed by atoms with Gasteiger partial charge in [0.1, 0.15) is 28.7 Å². The average molecular weight is 589 g/mol. The van der Waals surface area contributed by atoms with Crippen LogP contribution >= 0.6 is 0 Å². The van der Waals surface area contributed by atoms with E-state index in [1.165, 1.54) is 6.92 Å². The highest BCUT2D eigenvalue weighted by atomic mass is 16.6. The lowest BCUT2D eigenvalue weighted by molar-refractivity contribution is -0.157. The SMILES string of the molecule is COc1cc(OC)c2cc3c(c(-c4c5c(c(O)c6c(OC)cc(OC)cc46)COC(C)C5OC(C)=O)c2c1)CC(C)OC3. The highest BCUT2D eigenvalue weighted by Crippen LogP contribution is 2.54. The highest BCUT2D eigenvalue weighted by molar-refractivity contribution is 6.13. The number of ether oxygens (including phenoxy) is 7. The molecular weight excluding hydrogens is 552 g/mol. The van der Waals surface area contributed by atoms with E-state index >= 15 is 0 Å². The number of aromatic hydroxyl groups is 1. The average Bonchev–Trinajstić information content (AvgIpc) is 3.00. The van der Waals surface area contributed by atoms with Crippen molar-refractivity contribution in [3.05, 3.63) is 52.6 Å². The molecule has 0 fully saturated rings. The van der Waals surface area contributed by atoms with E-state index < -0.39 is 18.2 Å². The topological polar surface area (TPSA) is 102 Å². The Morgan fingerprint density at radius 1 is 0.791 bits per heavy atom. The van der Waals surface area contributed by atoms with Crippen LogP contribution in [0.25, 0.3) is 32.7 Å². The second-order valence-electron chi connectivity index (χ2n) is 11.1. The van der Waals surface area contributed by atoms with Crippen LogP contribution in [0.4, 0.5) is 0 Å². The van der Waals surface area contributed by atoms with E-state index in [0.717, 1.165) is 33.0 Å². The quantitative estimate of drug-likeness (QED) is 0.257. The highest BCUT2D eigenvalue weighted by Gasteiger charge is 2.38. The molecule has 6 rings (SSSR count). The third kappa shape index (κ3) is 4.67. The summed E-state index contributed by atoms with van der Waals surface area (Å²) in [6, 6.07) is 9.61. The predicted octanol–water partition coefficient (Wildman–Crippen LogP) is 6.38. The van der Waals surface area contributed by atoms with Crippen LogP contribution in [0.15, 0.2) is 30.3 Å². The summed E-state index contributed by atoms with van der Waals surface area (Å²) >= 11 is 0. The molecule has 0 saturated heterocycles. The van der Waals surface area contributed by atoms with Crippen LogP contribution < -0.4 is 18.9 Å². The van der Waals surface area contributed by atoms with Gasteiger partial charge < -0.3 is 38.3 Å².